The number of hydrogen-bond acceptors (Lipinski definition) is 17. The van der Waals surface area contributed by atoms with Crippen LogP contribution in [0.4, 0.5) is 0 Å². The van der Waals surface area contributed by atoms with Crippen LogP contribution in [-0.2, 0) is 53.9 Å². The molecule has 0 bridgehead atoms. The molecule has 72 heavy (non-hydrogen) atoms. The van der Waals surface area contributed by atoms with Gasteiger partial charge >= 0.3 is 17.9 Å². The van der Waals surface area contributed by atoms with E-state index in [-0.39, 0.29) is 46.4 Å². The Morgan fingerprint density at radius 1 is 0.917 bits per heavy atom. The maximum Gasteiger partial charge on any atom is 0.342 e. The van der Waals surface area contributed by atoms with Gasteiger partial charge in [-0.25, -0.2) is 9.59 Å². The van der Waals surface area contributed by atoms with Gasteiger partial charge in [0.05, 0.1) is 53.1 Å². The zero-order chi connectivity index (χ0) is 54.1. The molecule has 1 aromatic carbocycles. The van der Waals surface area contributed by atoms with E-state index in [4.69, 9.17) is 61.1 Å². The van der Waals surface area contributed by atoms with Crippen molar-refractivity contribution in [3.8, 4) is 5.75 Å². The Morgan fingerprint density at radius 2 is 1.58 bits per heavy atom. The van der Waals surface area contributed by atoms with E-state index in [1.165, 1.54) is 27.0 Å². The van der Waals surface area contributed by atoms with E-state index in [0.717, 1.165) is 0 Å². The number of rotatable bonds is 13. The molecule has 17 nitrogen and oxygen atoms in total. The molecule has 4 rings (SSSR count). The number of esters is 3. The lowest BCUT2D eigenvalue weighted by Gasteiger charge is -2.47. The maximum atomic E-state index is 14.0. The van der Waals surface area contributed by atoms with Crippen molar-refractivity contribution in [2.45, 2.75) is 194 Å². The minimum absolute atomic E-state index is 0.0175. The average molecular weight is 1060 g/mol. The highest BCUT2D eigenvalue weighted by Crippen LogP contribution is 2.41. The number of benzene rings is 1. The minimum atomic E-state index is -1.57. The van der Waals surface area contributed by atoms with Crippen LogP contribution in [0.15, 0.2) is 58.7 Å². The standard InChI is InChI=1S/C53H76Cl2O17/c1-14-32-23-27(6)35(57)19-17-16-18-33(24-66-52-46(65-13)41(59)44(31(10)67-52)69-50(64)37-34(15-2)38(54)29(8)39(55)40(37)58)49(63)68-36(30(9)56)21-20-26(5)22-28(7)43(32)71-51-42(60)45(70-48(62)25(3)4)47(61)53(11,12)72-51/h16-18,20,22-23,25,30-32,35-36,41-47,51-52,56-61H,14-15,19,21,24H2,1-13H3/b17-16+,26-20+,27-23+,28-22+,33-18+. The van der Waals surface area contributed by atoms with Crippen LogP contribution in [0.2, 0.25) is 10.0 Å². The van der Waals surface area contributed by atoms with Gasteiger partial charge in [-0.05, 0) is 103 Å². The van der Waals surface area contributed by atoms with E-state index in [1.54, 1.807) is 66.7 Å². The van der Waals surface area contributed by atoms with Gasteiger partial charge in [0.15, 0.2) is 24.8 Å². The largest absolute Gasteiger partial charge is 0.505 e. The van der Waals surface area contributed by atoms with Crippen molar-refractivity contribution >= 4 is 41.1 Å². The van der Waals surface area contributed by atoms with Gasteiger partial charge in [-0.2, -0.15) is 0 Å². The Balaban J connectivity index is 1.62. The number of aromatic hydroxyl groups is 1. The Bertz CT molecular complexity index is 2210. The van der Waals surface area contributed by atoms with Crippen molar-refractivity contribution in [2.75, 3.05) is 13.7 Å². The van der Waals surface area contributed by atoms with Gasteiger partial charge in [0.25, 0.3) is 0 Å². The zero-order valence-corrected chi connectivity index (χ0v) is 45.1. The van der Waals surface area contributed by atoms with Crippen molar-refractivity contribution in [3.05, 3.63) is 85.5 Å². The summed E-state index contributed by atoms with van der Waals surface area (Å²) in [5.41, 5.74) is 1.14. The fourth-order valence-electron chi connectivity index (χ4n) is 8.67. The smallest absolute Gasteiger partial charge is 0.342 e. The summed E-state index contributed by atoms with van der Waals surface area (Å²) in [6, 6.07) is 0. The molecule has 14 atom stereocenters. The molecule has 0 aliphatic carbocycles. The van der Waals surface area contributed by atoms with Crippen molar-refractivity contribution in [1.82, 2.24) is 0 Å². The molecule has 3 aliphatic heterocycles. The number of cyclic esters (lactones) is 1. The first-order chi connectivity index (χ1) is 33.7. The van der Waals surface area contributed by atoms with E-state index in [2.05, 4.69) is 0 Å². The van der Waals surface area contributed by atoms with Gasteiger partial charge in [-0.1, -0.05) is 86.9 Å². The van der Waals surface area contributed by atoms with E-state index in [0.29, 0.717) is 34.3 Å². The first-order valence-corrected chi connectivity index (χ1v) is 25.2. The first kappa shape index (κ1) is 60.9. The summed E-state index contributed by atoms with van der Waals surface area (Å²) >= 11 is 12.8. The van der Waals surface area contributed by atoms with Crippen LogP contribution in [0.1, 0.15) is 117 Å². The van der Waals surface area contributed by atoms with Gasteiger partial charge in [-0.3, -0.25) is 4.79 Å². The summed E-state index contributed by atoms with van der Waals surface area (Å²) in [5, 5.41) is 67.4. The molecule has 6 N–H and O–H groups in total. The molecule has 0 spiro atoms. The topological polar surface area (TPSA) is 246 Å². The van der Waals surface area contributed by atoms with Gasteiger partial charge in [-0.15, -0.1) is 0 Å². The highest BCUT2D eigenvalue weighted by Gasteiger charge is 2.53. The molecule has 14 unspecified atom stereocenters. The normalized spacial score (nSPS) is 34.8. The van der Waals surface area contributed by atoms with Crippen molar-refractivity contribution < 1.29 is 82.9 Å². The van der Waals surface area contributed by atoms with Crippen LogP contribution < -0.4 is 0 Å². The number of carbonyl (C=O) groups is 3. The van der Waals surface area contributed by atoms with E-state index >= 15 is 0 Å². The highest BCUT2D eigenvalue weighted by atomic mass is 35.5. The van der Waals surface area contributed by atoms with E-state index in [9.17, 15) is 45.0 Å². The van der Waals surface area contributed by atoms with Gasteiger partial charge in [0.2, 0.25) is 0 Å². The highest BCUT2D eigenvalue weighted by molar-refractivity contribution is 6.38. The quantitative estimate of drug-likeness (QED) is 0.0673. The van der Waals surface area contributed by atoms with Gasteiger partial charge in [0.1, 0.15) is 41.8 Å². The summed E-state index contributed by atoms with van der Waals surface area (Å²) in [7, 11) is 1.29. The second-order valence-electron chi connectivity index (χ2n) is 19.6. The average Bonchev–Trinajstić information content (AvgIpc) is 3.32. The number of halogens is 2. The third-order valence-corrected chi connectivity index (χ3v) is 14.2. The fourth-order valence-corrected chi connectivity index (χ4v) is 9.23. The number of hydrogen-bond donors (Lipinski definition) is 6. The number of ether oxygens (including phenoxy) is 8. The molecule has 0 amide bonds. The molecule has 2 fully saturated rings. The minimum Gasteiger partial charge on any atom is -0.505 e. The van der Waals surface area contributed by atoms with Crippen LogP contribution in [-0.4, -0.2) is 148 Å². The molecule has 3 aliphatic rings. The Kier molecular flexibility index (Phi) is 22.6. The zero-order valence-electron chi connectivity index (χ0n) is 43.6. The third-order valence-electron chi connectivity index (χ3n) is 13.3. The number of aliphatic hydroxyl groups excluding tert-OH is 5. The van der Waals surface area contributed by atoms with Crippen LogP contribution in [0, 0.1) is 18.8 Å². The summed E-state index contributed by atoms with van der Waals surface area (Å²) in [6.45, 7) is 19.8. The van der Waals surface area contributed by atoms with Crippen LogP contribution >= 0.6 is 23.2 Å². The molecular weight excluding hydrogens is 979 g/mol. The Hall–Kier alpha value is -3.69. The second-order valence-corrected chi connectivity index (χ2v) is 20.4. The Labute approximate surface area is 433 Å². The molecule has 2 saturated heterocycles. The number of phenols is 1. The number of allylic oxidation sites excluding steroid dienone is 4. The molecule has 404 valence electrons. The molecule has 19 heteroatoms. The number of phenolic OH excluding ortho intramolecular Hbond substituents is 1. The number of methoxy groups -OCH3 is 1. The summed E-state index contributed by atoms with van der Waals surface area (Å²) in [6.07, 6.45) is -4.86. The molecule has 0 radical (unpaired) electrons. The lowest BCUT2D eigenvalue weighted by atomic mass is 9.88. The first-order valence-electron chi connectivity index (χ1n) is 24.4. The van der Waals surface area contributed by atoms with Gasteiger partial charge in [0, 0.05) is 24.5 Å². The second kappa shape index (κ2) is 26.7. The lowest BCUT2D eigenvalue weighted by Crippen LogP contribution is -2.64. The molecule has 0 aromatic heterocycles. The maximum absolute atomic E-state index is 14.0. The molecule has 3 heterocycles. The molecular formula is C53H76Cl2O17. The predicted octanol–water partition coefficient (Wildman–Crippen LogP) is 6.84. The van der Waals surface area contributed by atoms with Crippen molar-refractivity contribution in [1.29, 1.82) is 0 Å². The fraction of sp³-hybridized carbons (Fsp3) is 0.642. The number of carbonyl (C=O) groups excluding carboxylic acids is 3. The molecule has 1 aromatic rings. The predicted molar refractivity (Wildman–Crippen MR) is 268 cm³/mol. The van der Waals surface area contributed by atoms with Gasteiger partial charge < -0.3 is 68.5 Å². The van der Waals surface area contributed by atoms with Crippen LogP contribution in [0.5, 0.6) is 5.75 Å². The summed E-state index contributed by atoms with van der Waals surface area (Å²) in [5.74, 6) is -3.87. The monoisotopic (exact) mass is 1050 g/mol. The van der Waals surface area contributed by atoms with Crippen LogP contribution in [0.3, 0.4) is 0 Å². The van der Waals surface area contributed by atoms with E-state index < -0.39 is 122 Å². The lowest BCUT2D eigenvalue weighted by molar-refractivity contribution is -0.333. The molecule has 0 saturated carbocycles. The summed E-state index contributed by atoms with van der Waals surface area (Å²) in [4.78, 5) is 40.2. The number of aliphatic hydroxyl groups is 5. The SMILES string of the molecule is CCc1c(Cl)c(C)c(Cl)c(O)c1C(=O)OC1C(C)OC(OC/C2=C\C=C\CC(O)/C(C)=C/C(CC)C(OC3OC(C)(C)C(O)C(OC(=O)C(C)C)C3O)/C(C)=C/C(C)=C/CC(C(C)O)OC2=O)C(OC)C1O. The summed E-state index contributed by atoms with van der Waals surface area (Å²) < 4.78 is 47.7. The third kappa shape index (κ3) is 14.8. The Morgan fingerprint density at radius 3 is 2.18 bits per heavy atom. The van der Waals surface area contributed by atoms with E-state index in [1.807, 2.05) is 32.9 Å². The van der Waals surface area contributed by atoms with Crippen molar-refractivity contribution in [2.24, 2.45) is 11.8 Å². The van der Waals surface area contributed by atoms with Crippen molar-refractivity contribution in [3.63, 3.8) is 0 Å². The van der Waals surface area contributed by atoms with Crippen LogP contribution in [0.25, 0.3) is 0 Å².